The molecule has 0 aromatic heterocycles. The molecule has 0 aliphatic rings. The van der Waals surface area contributed by atoms with Crippen LogP contribution in [-0.4, -0.2) is 214 Å². The number of carbonyl (C=O) groups excluding carboxylic acids is 9. The molecule has 0 aliphatic heterocycles. The van der Waals surface area contributed by atoms with Crippen molar-refractivity contribution in [2.75, 3.05) is 79.0 Å². The molecule has 0 saturated heterocycles. The molecule has 9 N–H and O–H groups in total. The van der Waals surface area contributed by atoms with Gasteiger partial charge in [-0.25, -0.2) is 41.4 Å². The molecular formula is C99H132F6N12O12. The van der Waals surface area contributed by atoms with Gasteiger partial charge in [0.25, 0.3) is 35.4 Å². The average molecular weight is 1800 g/mol. The Morgan fingerprint density at radius 3 is 0.860 bits per heavy atom. The van der Waals surface area contributed by atoms with Crippen LogP contribution in [0.15, 0.2) is 109 Å². The van der Waals surface area contributed by atoms with Crippen molar-refractivity contribution < 1.29 is 84.8 Å². The summed E-state index contributed by atoms with van der Waals surface area (Å²) in [6.45, 7) is 30.5. The molecule has 24 nitrogen and oxygen atoms in total. The highest BCUT2D eigenvalue weighted by atomic mass is 19.2. The number of halogens is 6. The van der Waals surface area contributed by atoms with Gasteiger partial charge in [-0.1, -0.05) is 121 Å². The number of rotatable bonds is 48. The summed E-state index contributed by atoms with van der Waals surface area (Å²) in [6, 6.07) is 19.3. The summed E-state index contributed by atoms with van der Waals surface area (Å²) in [6.07, 6.45) is 19.9. The number of unbranched alkanes of at least 4 members (excludes halogenated alkanes) is 1. The lowest BCUT2D eigenvalue weighted by Gasteiger charge is -2.31. The molecule has 0 bridgehead atoms. The number of amides is 9. The van der Waals surface area contributed by atoms with Crippen LogP contribution in [0.5, 0.6) is 0 Å². The molecule has 6 rings (SSSR count). The topological polar surface area (TPSA) is 306 Å². The second-order valence-electron chi connectivity index (χ2n) is 33.1. The van der Waals surface area contributed by atoms with Crippen molar-refractivity contribution in [2.45, 2.75) is 217 Å². The van der Waals surface area contributed by atoms with E-state index in [1.54, 1.807) is 77.7 Å². The first-order chi connectivity index (χ1) is 61.2. The van der Waals surface area contributed by atoms with Crippen molar-refractivity contribution in [3.63, 3.8) is 0 Å². The van der Waals surface area contributed by atoms with E-state index in [1.165, 1.54) is 41.4 Å². The quantitative estimate of drug-likeness (QED) is 0.00974. The van der Waals surface area contributed by atoms with Gasteiger partial charge in [0.2, 0.25) is 17.7 Å². The van der Waals surface area contributed by atoms with Gasteiger partial charge in [-0.15, -0.1) is 19.3 Å². The van der Waals surface area contributed by atoms with E-state index in [4.69, 9.17) is 19.3 Å². The van der Waals surface area contributed by atoms with Crippen LogP contribution in [0.25, 0.3) is 0 Å². The van der Waals surface area contributed by atoms with Gasteiger partial charge in [0.1, 0.15) is 34.9 Å². The van der Waals surface area contributed by atoms with Crippen molar-refractivity contribution in [1.82, 2.24) is 62.0 Å². The SMILES string of the molecule is C#Cc1cc(C(=O)NC(Cc2cc(F)cc(F)c2)C(O)CN(C)NC(=O)CC(C)C)cc(C(=O)N(CCC)CCC)c1.C#Cc1cc(C(=O)NC(Cc2cc(F)cc(F)c2)C(O)CN(CCC)NC(=O)C(C)C)cc(C(=O)N(CCC)CCC)c1.C#Cc1cc(C(=O)NC(Cc2cc(F)cc(F)c2)C(O)CN(CCCC)NC(=O)C(C)C)cc(C(=O)N(CCC)CCC)c1. The van der Waals surface area contributed by atoms with E-state index in [0.29, 0.717) is 75.5 Å². The fourth-order valence-corrected chi connectivity index (χ4v) is 13.9. The van der Waals surface area contributed by atoms with Crippen LogP contribution in [0.3, 0.4) is 0 Å². The zero-order chi connectivity index (χ0) is 96.3. The number of hydrazine groups is 3. The summed E-state index contributed by atoms with van der Waals surface area (Å²) in [5.74, 6) is -1.12. The van der Waals surface area contributed by atoms with Gasteiger partial charge >= 0.3 is 0 Å². The molecular weight excluding hydrogens is 1660 g/mol. The van der Waals surface area contributed by atoms with Gasteiger partial charge in [-0.05, 0) is 184 Å². The van der Waals surface area contributed by atoms with E-state index in [2.05, 4.69) is 50.0 Å². The summed E-state index contributed by atoms with van der Waals surface area (Å²) in [4.78, 5) is 123. The van der Waals surface area contributed by atoms with Crippen LogP contribution in [0.4, 0.5) is 26.3 Å². The Hall–Kier alpha value is -11.4. The standard InChI is InChI=1S/C34H46F2N4O4.C33H44F2N4O4.C32H42F2N4O4/c1-7-11-14-40(38-32(42)23(5)6)22-31(41)30(19-25-17-28(35)21-29(36)18-25)37-33(43)26-15-24(10-4)16-27(20-26)34(44)39(12-8-2)13-9-3;1-7-11-38(12-8-2)33(43)26-15-23(10-4)14-25(19-26)32(42)36-29(18-24-16-27(34)20-28(35)17-24)30(40)21-39(13-9-3)37-31(41)22(5)6;1-7-10-38(11-8-2)32(42)25-14-22(9-3)13-24(18-25)31(41)35-28(17-23-15-26(33)19-27(34)16-23)29(39)20-37(6)36-30(40)12-21(4)5/h4,15-18,20-21,23,30-31,41H,7-9,11-14,19,22H2,1-3,5-6H3,(H,37,43)(H,38,42);4,14-17,19-20,22,29-30,40H,7-9,11-13,18,21H2,1-3,5-6H3,(H,36,42)(H,37,41);3,13-16,18-19,21,28-29,39H,7-8,10-12,17,20H2,1-2,4-6H3,(H,35,41)(H,36,40). The molecule has 9 amide bonds. The molecule has 0 aliphatic carbocycles. The number of nitrogens with one attached hydrogen (secondary N) is 6. The fourth-order valence-electron chi connectivity index (χ4n) is 13.9. The Morgan fingerprint density at radius 2 is 0.612 bits per heavy atom. The molecule has 30 heteroatoms. The van der Waals surface area contributed by atoms with Gasteiger partial charge in [-0.2, -0.15) is 0 Å². The first-order valence-electron chi connectivity index (χ1n) is 44.4. The van der Waals surface area contributed by atoms with Crippen molar-refractivity contribution in [1.29, 1.82) is 0 Å². The van der Waals surface area contributed by atoms with Gasteiger partial charge in [-0.3, -0.25) is 59.4 Å². The normalized spacial score (nSPS) is 12.5. The van der Waals surface area contributed by atoms with Gasteiger partial charge in [0.05, 0.1) is 36.4 Å². The number of aliphatic hydroxyl groups is 3. The number of terminal acetylenes is 3. The second-order valence-corrected chi connectivity index (χ2v) is 33.1. The summed E-state index contributed by atoms with van der Waals surface area (Å²) in [5.41, 5.74) is 11.0. The first kappa shape index (κ1) is 110. The van der Waals surface area contributed by atoms with E-state index in [1.807, 2.05) is 69.2 Å². The highest BCUT2D eigenvalue weighted by molar-refractivity contribution is 6.02. The molecule has 0 saturated carbocycles. The van der Waals surface area contributed by atoms with Crippen molar-refractivity contribution >= 4 is 53.2 Å². The minimum atomic E-state index is -1.26. The predicted molar refractivity (Wildman–Crippen MR) is 489 cm³/mol. The second kappa shape index (κ2) is 56.8. The number of benzene rings is 6. The molecule has 6 aromatic rings. The van der Waals surface area contributed by atoms with Crippen LogP contribution in [0, 0.1) is 89.7 Å². The summed E-state index contributed by atoms with van der Waals surface area (Å²) < 4.78 is 84.0. The van der Waals surface area contributed by atoms with E-state index in [0.717, 1.165) is 106 Å². The Morgan fingerprint density at radius 1 is 0.349 bits per heavy atom. The summed E-state index contributed by atoms with van der Waals surface area (Å²) in [5, 5.41) is 46.6. The third kappa shape index (κ3) is 38.4. The Kier molecular flexibility index (Phi) is 48.4. The molecule has 0 heterocycles. The average Bonchev–Trinajstić information content (AvgIpc) is 0.825. The molecule has 0 spiro atoms. The summed E-state index contributed by atoms with van der Waals surface area (Å²) in [7, 11) is 1.56. The largest absolute Gasteiger partial charge is 0.390 e. The lowest BCUT2D eigenvalue weighted by atomic mass is 9.99. The minimum Gasteiger partial charge on any atom is -0.390 e. The van der Waals surface area contributed by atoms with Crippen molar-refractivity contribution in [2.24, 2.45) is 17.8 Å². The maximum Gasteiger partial charge on any atom is 0.253 e. The molecule has 0 fully saturated rings. The summed E-state index contributed by atoms with van der Waals surface area (Å²) >= 11 is 0. The molecule has 6 atom stereocenters. The van der Waals surface area contributed by atoms with Crippen LogP contribution in [0.2, 0.25) is 0 Å². The zero-order valence-corrected chi connectivity index (χ0v) is 77.3. The Bertz CT molecular complexity index is 4740. The molecule has 129 heavy (non-hydrogen) atoms. The van der Waals surface area contributed by atoms with Crippen molar-refractivity contribution in [3.05, 3.63) is 211 Å². The van der Waals surface area contributed by atoms with E-state index >= 15 is 0 Å². The third-order valence-electron chi connectivity index (χ3n) is 20.2. The maximum absolute atomic E-state index is 14.1. The van der Waals surface area contributed by atoms with Gasteiger partial charge < -0.3 is 46.0 Å². The predicted octanol–water partition coefficient (Wildman–Crippen LogP) is 12.9. The van der Waals surface area contributed by atoms with E-state index in [9.17, 15) is 84.8 Å². The molecule has 6 aromatic carbocycles. The third-order valence-corrected chi connectivity index (χ3v) is 20.2. The fraction of sp³-hybridized carbons (Fsp3) is 0.485. The molecule has 6 unspecified atom stereocenters. The highest BCUT2D eigenvalue weighted by Gasteiger charge is 2.32. The minimum absolute atomic E-state index is 0.0572. The smallest absolute Gasteiger partial charge is 0.253 e. The van der Waals surface area contributed by atoms with E-state index < -0.39 is 89.1 Å². The molecule has 702 valence electrons. The van der Waals surface area contributed by atoms with Crippen LogP contribution >= 0.6 is 0 Å². The van der Waals surface area contributed by atoms with E-state index in [-0.39, 0.29) is 149 Å². The first-order valence-corrected chi connectivity index (χ1v) is 44.4. The Balaban J connectivity index is 0.000000405. The number of hydrogen-bond donors (Lipinski definition) is 9. The van der Waals surface area contributed by atoms with Crippen LogP contribution in [0.1, 0.15) is 257 Å². The number of likely N-dealkylation sites (N-methyl/N-ethyl adjacent to an activating group) is 1. The van der Waals surface area contributed by atoms with Crippen LogP contribution in [-0.2, 0) is 33.6 Å². The highest BCUT2D eigenvalue weighted by Crippen LogP contribution is 2.23. The van der Waals surface area contributed by atoms with Gasteiger partial charge in [0, 0.05) is 166 Å². The maximum atomic E-state index is 14.1. The lowest BCUT2D eigenvalue weighted by Crippen LogP contribution is -2.54. The lowest BCUT2D eigenvalue weighted by molar-refractivity contribution is -0.130. The number of hydrogen-bond acceptors (Lipinski definition) is 15. The van der Waals surface area contributed by atoms with Crippen molar-refractivity contribution in [3.8, 4) is 37.0 Å². The number of aliphatic hydroxyl groups excluding tert-OH is 3. The van der Waals surface area contributed by atoms with Gasteiger partial charge in [0.15, 0.2) is 0 Å². The number of nitrogens with zero attached hydrogens (tertiary/aromatic N) is 6. The molecule has 0 radical (unpaired) electrons. The van der Waals surface area contributed by atoms with Crippen LogP contribution < -0.4 is 32.2 Å². The Labute approximate surface area is 757 Å². The monoisotopic (exact) mass is 1790 g/mol. The number of carbonyl (C=O) groups is 9. The zero-order valence-electron chi connectivity index (χ0n) is 77.3.